The van der Waals surface area contributed by atoms with E-state index in [0.717, 1.165) is 19.4 Å². The normalized spacial score (nSPS) is 17.0. The summed E-state index contributed by atoms with van der Waals surface area (Å²) >= 11 is 0. The van der Waals surface area contributed by atoms with Crippen LogP contribution in [0.25, 0.3) is 0 Å². The molecule has 4 rings (SSSR count). The van der Waals surface area contributed by atoms with Crippen molar-refractivity contribution in [1.82, 2.24) is 5.32 Å². The first kappa shape index (κ1) is 18.9. The fourth-order valence-corrected chi connectivity index (χ4v) is 3.14. The van der Waals surface area contributed by atoms with Gasteiger partial charge in [-0.25, -0.2) is 4.79 Å². The second-order valence-electron chi connectivity index (χ2n) is 6.72. The number of urea groups is 1. The number of phenols is 1. The molecule has 9 nitrogen and oxygen atoms in total. The molecule has 1 fully saturated rings. The van der Waals surface area contributed by atoms with Crippen LogP contribution < -0.4 is 25.4 Å². The summed E-state index contributed by atoms with van der Waals surface area (Å²) < 4.78 is 15.9. The number of carbonyl (C=O) groups is 2. The van der Waals surface area contributed by atoms with E-state index >= 15 is 0 Å². The Hall–Kier alpha value is -3.46. The van der Waals surface area contributed by atoms with Gasteiger partial charge in [0.2, 0.25) is 6.79 Å². The van der Waals surface area contributed by atoms with Crippen LogP contribution in [-0.4, -0.2) is 43.1 Å². The first-order valence-corrected chi connectivity index (χ1v) is 9.29. The van der Waals surface area contributed by atoms with Crippen LogP contribution in [0, 0.1) is 0 Å². The van der Waals surface area contributed by atoms with E-state index in [1.54, 1.807) is 24.3 Å². The average Bonchev–Trinajstić information content (AvgIpc) is 3.38. The van der Waals surface area contributed by atoms with E-state index in [-0.39, 0.29) is 30.2 Å². The zero-order chi connectivity index (χ0) is 20.2. The third-order valence-electron chi connectivity index (χ3n) is 4.65. The summed E-state index contributed by atoms with van der Waals surface area (Å²) in [7, 11) is 0. The average molecular weight is 399 g/mol. The molecule has 4 N–H and O–H groups in total. The molecule has 2 aliphatic rings. The highest BCUT2D eigenvalue weighted by atomic mass is 16.7. The molecule has 9 heteroatoms. The predicted octanol–water partition coefficient (Wildman–Crippen LogP) is 2.67. The molecule has 3 amide bonds. The SMILES string of the molecule is O=C(NCC1CCCO1)Nc1ccc(NC(=O)c2cc3c(cc2O)OCO3)cc1. The molecule has 0 spiro atoms. The first-order chi connectivity index (χ1) is 14.1. The summed E-state index contributed by atoms with van der Waals surface area (Å²) in [6.07, 6.45) is 2.05. The molecule has 0 radical (unpaired) electrons. The lowest BCUT2D eigenvalue weighted by Gasteiger charge is -2.12. The third kappa shape index (κ3) is 4.52. The number of fused-ring (bicyclic) bond motifs is 1. The van der Waals surface area contributed by atoms with E-state index in [1.165, 1.54) is 12.1 Å². The van der Waals surface area contributed by atoms with Gasteiger partial charge in [-0.2, -0.15) is 0 Å². The van der Waals surface area contributed by atoms with Crippen LogP contribution in [0.4, 0.5) is 16.2 Å². The zero-order valence-electron chi connectivity index (χ0n) is 15.6. The number of hydrogen-bond acceptors (Lipinski definition) is 6. The molecule has 0 saturated carbocycles. The minimum atomic E-state index is -0.490. The molecule has 152 valence electrons. The Balaban J connectivity index is 1.32. The van der Waals surface area contributed by atoms with Gasteiger partial charge in [0.15, 0.2) is 11.5 Å². The largest absolute Gasteiger partial charge is 0.507 e. The molecule has 2 aromatic rings. The van der Waals surface area contributed by atoms with Crippen LogP contribution in [0.5, 0.6) is 17.2 Å². The summed E-state index contributed by atoms with van der Waals surface area (Å²) in [5, 5.41) is 18.2. The van der Waals surface area contributed by atoms with Crippen LogP contribution in [0.1, 0.15) is 23.2 Å². The standard InChI is InChI=1S/C20H21N3O6/c24-16-9-18-17(28-11-29-18)8-15(16)19(25)22-12-3-5-13(6-4-12)23-20(26)21-10-14-2-1-7-27-14/h3-6,8-9,14,24H,1-2,7,10-11H2,(H,22,25)(H2,21,23,26). The van der Waals surface area contributed by atoms with Crippen LogP contribution in [0.15, 0.2) is 36.4 Å². The second kappa shape index (κ2) is 8.27. The molecule has 1 saturated heterocycles. The maximum atomic E-state index is 12.4. The number of ether oxygens (including phenoxy) is 3. The fourth-order valence-electron chi connectivity index (χ4n) is 3.14. The van der Waals surface area contributed by atoms with E-state index in [1.807, 2.05) is 0 Å². The topological polar surface area (TPSA) is 118 Å². The highest BCUT2D eigenvalue weighted by Crippen LogP contribution is 2.37. The number of rotatable bonds is 5. The quantitative estimate of drug-likeness (QED) is 0.614. The molecule has 0 aromatic heterocycles. The number of hydrogen-bond donors (Lipinski definition) is 4. The molecule has 2 aromatic carbocycles. The van der Waals surface area contributed by atoms with Crippen molar-refractivity contribution < 1.29 is 28.9 Å². The Labute approximate surface area is 167 Å². The van der Waals surface area contributed by atoms with Crippen LogP contribution >= 0.6 is 0 Å². The maximum Gasteiger partial charge on any atom is 0.319 e. The molecule has 29 heavy (non-hydrogen) atoms. The van der Waals surface area contributed by atoms with E-state index in [2.05, 4.69) is 16.0 Å². The number of benzene rings is 2. The van der Waals surface area contributed by atoms with E-state index in [4.69, 9.17) is 14.2 Å². The smallest absolute Gasteiger partial charge is 0.319 e. The van der Waals surface area contributed by atoms with Crippen molar-refractivity contribution in [2.24, 2.45) is 0 Å². The third-order valence-corrected chi connectivity index (χ3v) is 4.65. The molecule has 2 aliphatic heterocycles. The lowest BCUT2D eigenvalue weighted by molar-refractivity contribution is 0.102. The summed E-state index contributed by atoms with van der Waals surface area (Å²) in [5.74, 6) is 0.109. The molecule has 1 unspecified atom stereocenters. The Morgan fingerprint density at radius 2 is 1.72 bits per heavy atom. The van der Waals surface area contributed by atoms with Gasteiger partial charge in [0.1, 0.15) is 5.75 Å². The number of aromatic hydroxyl groups is 1. The van der Waals surface area contributed by atoms with Crippen molar-refractivity contribution >= 4 is 23.3 Å². The van der Waals surface area contributed by atoms with E-state index < -0.39 is 5.91 Å². The van der Waals surface area contributed by atoms with Crippen molar-refractivity contribution in [3.63, 3.8) is 0 Å². The van der Waals surface area contributed by atoms with Gasteiger partial charge >= 0.3 is 6.03 Å². The summed E-state index contributed by atoms with van der Waals surface area (Å²) in [4.78, 5) is 24.4. The van der Waals surface area contributed by atoms with Gasteiger partial charge in [-0.15, -0.1) is 0 Å². The molecule has 1 atom stereocenters. The Kier molecular flexibility index (Phi) is 5.39. The predicted molar refractivity (Wildman–Crippen MR) is 105 cm³/mol. The van der Waals surface area contributed by atoms with Crippen LogP contribution in [0.2, 0.25) is 0 Å². The number of anilines is 2. The zero-order valence-corrected chi connectivity index (χ0v) is 15.6. The highest BCUT2D eigenvalue weighted by molar-refractivity contribution is 6.06. The van der Waals surface area contributed by atoms with Crippen LogP contribution in [0.3, 0.4) is 0 Å². The van der Waals surface area contributed by atoms with E-state index in [9.17, 15) is 14.7 Å². The number of carbonyl (C=O) groups excluding carboxylic acids is 2. The fraction of sp³-hybridized carbons (Fsp3) is 0.300. The van der Waals surface area contributed by atoms with Gasteiger partial charge in [-0.1, -0.05) is 0 Å². The number of amides is 3. The Bertz CT molecular complexity index is 909. The van der Waals surface area contributed by atoms with Crippen molar-refractivity contribution in [2.45, 2.75) is 18.9 Å². The molecule has 2 heterocycles. The molecule has 0 aliphatic carbocycles. The van der Waals surface area contributed by atoms with Crippen molar-refractivity contribution in [1.29, 1.82) is 0 Å². The van der Waals surface area contributed by atoms with Gasteiger partial charge in [-0.3, -0.25) is 4.79 Å². The van der Waals surface area contributed by atoms with Gasteiger partial charge in [0.05, 0.1) is 11.7 Å². The van der Waals surface area contributed by atoms with Gasteiger partial charge in [0.25, 0.3) is 5.91 Å². The lowest BCUT2D eigenvalue weighted by atomic mass is 10.1. The number of nitrogens with one attached hydrogen (secondary N) is 3. The van der Waals surface area contributed by atoms with Crippen molar-refractivity contribution in [3.05, 3.63) is 42.0 Å². The summed E-state index contributed by atoms with van der Waals surface area (Å²) in [6.45, 7) is 1.26. The summed E-state index contributed by atoms with van der Waals surface area (Å²) in [5.41, 5.74) is 1.17. The molecule has 0 bridgehead atoms. The Morgan fingerprint density at radius 3 is 2.41 bits per heavy atom. The van der Waals surface area contributed by atoms with Crippen molar-refractivity contribution in [3.8, 4) is 17.2 Å². The van der Waals surface area contributed by atoms with Gasteiger partial charge < -0.3 is 35.3 Å². The maximum absolute atomic E-state index is 12.4. The Morgan fingerprint density at radius 1 is 1.03 bits per heavy atom. The lowest BCUT2D eigenvalue weighted by Crippen LogP contribution is -2.35. The monoisotopic (exact) mass is 399 g/mol. The minimum Gasteiger partial charge on any atom is -0.507 e. The minimum absolute atomic E-state index is 0.0512. The molecular formula is C20H21N3O6. The molecular weight excluding hydrogens is 378 g/mol. The highest BCUT2D eigenvalue weighted by Gasteiger charge is 2.21. The van der Waals surface area contributed by atoms with Crippen LogP contribution in [-0.2, 0) is 4.74 Å². The van der Waals surface area contributed by atoms with Gasteiger partial charge in [0, 0.05) is 36.7 Å². The van der Waals surface area contributed by atoms with E-state index in [0.29, 0.717) is 29.4 Å². The second-order valence-corrected chi connectivity index (χ2v) is 6.72. The van der Waals surface area contributed by atoms with Crippen molar-refractivity contribution in [2.75, 3.05) is 30.6 Å². The summed E-state index contributed by atoms with van der Waals surface area (Å²) in [6, 6.07) is 9.10. The first-order valence-electron chi connectivity index (χ1n) is 9.29. The number of phenolic OH excluding ortho intramolecular Hbond substituents is 1. The van der Waals surface area contributed by atoms with Gasteiger partial charge in [-0.05, 0) is 37.1 Å².